The van der Waals surface area contributed by atoms with Crippen LogP contribution in [0.1, 0.15) is 67.4 Å². The Morgan fingerprint density at radius 1 is 0.982 bits per heavy atom. The number of para-hydroxylation sites is 1. The first-order chi connectivity index (χ1) is 27.6. The molecule has 2 fully saturated rings. The molecule has 3 aromatic rings. The summed E-state index contributed by atoms with van der Waals surface area (Å²) < 4.78 is 40.1. The molecule has 57 heavy (non-hydrogen) atoms. The highest BCUT2D eigenvalue weighted by molar-refractivity contribution is 8.00. The molecular formula is C38H49F2N9O7S. The van der Waals surface area contributed by atoms with Crippen molar-refractivity contribution in [1.82, 2.24) is 41.6 Å². The van der Waals surface area contributed by atoms with Crippen molar-refractivity contribution >= 4 is 41.3 Å². The Balaban J connectivity index is 0.972. The second-order valence-corrected chi connectivity index (χ2v) is 14.9. The van der Waals surface area contributed by atoms with E-state index in [-0.39, 0.29) is 68.1 Å². The summed E-state index contributed by atoms with van der Waals surface area (Å²) in [5, 5.41) is 22.8. The minimum Gasteiger partial charge on any atom is -0.480 e. The van der Waals surface area contributed by atoms with Crippen LogP contribution < -0.4 is 37.1 Å². The van der Waals surface area contributed by atoms with E-state index in [0.717, 1.165) is 37.1 Å². The highest BCUT2D eigenvalue weighted by Gasteiger charge is 2.42. The van der Waals surface area contributed by atoms with E-state index < -0.39 is 41.7 Å². The average Bonchev–Trinajstić information content (AvgIpc) is 3.93. The van der Waals surface area contributed by atoms with Gasteiger partial charge in [-0.25, -0.2) is 18.3 Å². The fraction of sp³-hybridized carbons (Fsp3) is 0.500. The van der Waals surface area contributed by atoms with Crippen LogP contribution in [-0.4, -0.2) is 107 Å². The number of hydrogen-bond donors (Lipinski definition) is 6. The Morgan fingerprint density at radius 3 is 2.58 bits per heavy atom. The minimum absolute atomic E-state index is 0.0496. The third-order valence-electron chi connectivity index (χ3n) is 9.42. The van der Waals surface area contributed by atoms with Gasteiger partial charge in [0.1, 0.15) is 12.3 Å². The molecule has 2 aliphatic rings. The first kappa shape index (κ1) is 43.0. The molecule has 5 rings (SSSR count). The van der Waals surface area contributed by atoms with Gasteiger partial charge >= 0.3 is 6.03 Å². The number of hydrogen-bond acceptors (Lipinski definition) is 11. The number of fused-ring (bicyclic) bond motifs is 1. The topological polar surface area (TPSA) is 221 Å². The van der Waals surface area contributed by atoms with Gasteiger partial charge in [0.05, 0.1) is 49.8 Å². The number of halogens is 2. The Hall–Kier alpha value is -5.14. The molecule has 0 aliphatic carbocycles. The first-order valence-corrected chi connectivity index (χ1v) is 20.1. The number of carbonyl (C=O) groups excluding carboxylic acids is 5. The summed E-state index contributed by atoms with van der Waals surface area (Å²) >= 11 is 1.86. The maximum Gasteiger partial charge on any atom is 0.315 e. The van der Waals surface area contributed by atoms with Gasteiger partial charge in [0.25, 0.3) is 5.91 Å². The lowest BCUT2D eigenvalue weighted by Crippen LogP contribution is -2.43. The average molecular weight is 814 g/mol. The standard InChI is InChI=1S/C38H49F2N9O7S/c39-27-9-6-10-28(40)36(27)56-22-31(50)29(11-3-4-15-41)44-37(53)24-7-5-8-26(19-24)49-21-25(47-48-49)20-43-34(52)14-17-55-18-16-42-33(51)13-2-1-12-32-35-30(23-57-32)45-38(54)46-35/h5-10,19,21,29-30,32,35H,1-4,11-18,20,22-23,41H2,(H,42,51)(H,43,52)(H,44,53)(H2,45,46,54)/t29?,30-,32-,35-/m0/s1. The highest BCUT2D eigenvalue weighted by Crippen LogP contribution is 2.33. The number of rotatable bonds is 24. The van der Waals surface area contributed by atoms with E-state index in [4.69, 9.17) is 15.2 Å². The molecule has 0 bridgehead atoms. The maximum atomic E-state index is 14.0. The van der Waals surface area contributed by atoms with Gasteiger partial charge in [0.2, 0.25) is 11.8 Å². The molecule has 16 nitrogen and oxygen atoms in total. The number of thioether (sulfide) groups is 1. The second-order valence-electron chi connectivity index (χ2n) is 13.7. The Morgan fingerprint density at radius 2 is 1.77 bits per heavy atom. The van der Waals surface area contributed by atoms with Crippen LogP contribution in [0.3, 0.4) is 0 Å². The normalized spacial score (nSPS) is 17.6. The Bertz CT molecular complexity index is 1830. The zero-order valence-corrected chi connectivity index (χ0v) is 32.3. The number of Topliss-reactive ketones (excluding diaryl/α,β-unsaturated/α-hetero) is 1. The summed E-state index contributed by atoms with van der Waals surface area (Å²) in [6.45, 7) is 0.630. The van der Waals surface area contributed by atoms with Crippen LogP contribution in [0, 0.1) is 11.6 Å². The van der Waals surface area contributed by atoms with Crippen LogP contribution in [0.2, 0.25) is 0 Å². The largest absolute Gasteiger partial charge is 0.480 e. The lowest BCUT2D eigenvalue weighted by Gasteiger charge is -2.18. The van der Waals surface area contributed by atoms with Crippen molar-refractivity contribution in [3.63, 3.8) is 0 Å². The minimum atomic E-state index is -0.992. The van der Waals surface area contributed by atoms with Crippen molar-refractivity contribution in [1.29, 1.82) is 0 Å². The monoisotopic (exact) mass is 813 g/mol. The van der Waals surface area contributed by atoms with Gasteiger partial charge < -0.3 is 41.8 Å². The number of nitrogens with two attached hydrogens (primary N) is 1. The summed E-state index contributed by atoms with van der Waals surface area (Å²) in [6, 6.07) is 8.95. The van der Waals surface area contributed by atoms with Crippen molar-refractivity contribution in [2.75, 3.05) is 38.7 Å². The quantitative estimate of drug-likeness (QED) is 0.0569. The molecule has 2 aliphatic heterocycles. The van der Waals surface area contributed by atoms with Gasteiger partial charge in [-0.1, -0.05) is 23.8 Å². The van der Waals surface area contributed by atoms with Crippen molar-refractivity contribution in [3.05, 3.63) is 71.6 Å². The maximum absolute atomic E-state index is 14.0. The number of carbonyl (C=O) groups is 5. The van der Waals surface area contributed by atoms with E-state index in [1.165, 1.54) is 10.7 Å². The summed E-state index contributed by atoms with van der Waals surface area (Å²) in [7, 11) is 0. The number of amides is 5. The number of benzene rings is 2. The molecule has 3 heterocycles. The van der Waals surface area contributed by atoms with E-state index in [2.05, 4.69) is 36.9 Å². The third kappa shape index (κ3) is 13.2. The molecule has 2 saturated heterocycles. The highest BCUT2D eigenvalue weighted by atomic mass is 32.2. The molecular weight excluding hydrogens is 765 g/mol. The fourth-order valence-corrected chi connectivity index (χ4v) is 7.92. The number of nitrogens with zero attached hydrogens (tertiary/aromatic N) is 3. The molecule has 1 unspecified atom stereocenters. The van der Waals surface area contributed by atoms with Crippen LogP contribution in [0.5, 0.6) is 5.75 Å². The van der Waals surface area contributed by atoms with Crippen LogP contribution in [-0.2, 0) is 25.7 Å². The van der Waals surface area contributed by atoms with Gasteiger partial charge in [0.15, 0.2) is 23.2 Å². The van der Waals surface area contributed by atoms with Crippen LogP contribution >= 0.6 is 11.8 Å². The number of unbranched alkanes of at least 4 members (excludes halogenated alkanes) is 2. The molecule has 0 spiro atoms. The van der Waals surface area contributed by atoms with E-state index in [0.29, 0.717) is 49.0 Å². The summed E-state index contributed by atoms with van der Waals surface area (Å²) in [5.41, 5.74) is 6.78. The first-order valence-electron chi connectivity index (χ1n) is 19.0. The van der Waals surface area contributed by atoms with Crippen molar-refractivity contribution in [3.8, 4) is 11.4 Å². The molecule has 0 radical (unpaired) electrons. The number of urea groups is 1. The number of aromatic nitrogens is 3. The lowest BCUT2D eigenvalue weighted by molar-refractivity contribution is -0.123. The zero-order chi connectivity index (χ0) is 40.6. The van der Waals surface area contributed by atoms with Gasteiger partial charge in [-0.15, -0.1) is 5.10 Å². The van der Waals surface area contributed by atoms with Crippen molar-refractivity contribution < 1.29 is 42.2 Å². The summed E-state index contributed by atoms with van der Waals surface area (Å²) in [5.74, 6) is -3.07. The SMILES string of the molecule is NCCCCC(NC(=O)c1cccc(-n2cc(CNC(=O)CCOCCNC(=O)CCCC[C@@H]3SC[C@@H]4NC(=O)N[C@@H]43)nn2)c1)C(=O)COc1c(F)cccc1F. The van der Waals surface area contributed by atoms with Crippen LogP contribution in [0.15, 0.2) is 48.7 Å². The molecule has 308 valence electrons. The molecule has 5 amide bonds. The molecule has 2 aromatic carbocycles. The Labute approximate surface area is 333 Å². The lowest BCUT2D eigenvalue weighted by atomic mass is 10.0. The third-order valence-corrected chi connectivity index (χ3v) is 10.9. The predicted octanol–water partition coefficient (Wildman–Crippen LogP) is 2.29. The van der Waals surface area contributed by atoms with E-state index in [1.807, 2.05) is 11.8 Å². The van der Waals surface area contributed by atoms with Gasteiger partial charge in [0, 0.05) is 36.0 Å². The predicted molar refractivity (Wildman–Crippen MR) is 207 cm³/mol. The van der Waals surface area contributed by atoms with E-state index in [9.17, 15) is 32.8 Å². The molecule has 4 atom stereocenters. The smallest absolute Gasteiger partial charge is 0.315 e. The van der Waals surface area contributed by atoms with E-state index >= 15 is 0 Å². The van der Waals surface area contributed by atoms with Crippen molar-refractivity contribution in [2.24, 2.45) is 5.73 Å². The second kappa shape index (κ2) is 22.0. The molecule has 19 heteroatoms. The van der Waals surface area contributed by atoms with Crippen molar-refractivity contribution in [2.45, 2.75) is 81.3 Å². The zero-order valence-electron chi connectivity index (χ0n) is 31.5. The van der Waals surface area contributed by atoms with E-state index in [1.54, 1.807) is 30.5 Å². The Kier molecular flexibility index (Phi) is 16.6. The van der Waals surface area contributed by atoms with Crippen LogP contribution in [0.25, 0.3) is 5.69 Å². The van der Waals surface area contributed by atoms with Crippen LogP contribution in [0.4, 0.5) is 13.6 Å². The fourth-order valence-electron chi connectivity index (χ4n) is 6.38. The molecule has 0 saturated carbocycles. The number of nitrogens with one attached hydrogen (secondary N) is 5. The van der Waals surface area contributed by atoms with Gasteiger partial charge in [-0.3, -0.25) is 19.2 Å². The van der Waals surface area contributed by atoms with Gasteiger partial charge in [-0.2, -0.15) is 11.8 Å². The molecule has 1 aromatic heterocycles. The summed E-state index contributed by atoms with van der Waals surface area (Å²) in [4.78, 5) is 62.3. The summed E-state index contributed by atoms with van der Waals surface area (Å²) in [6.07, 6.45) is 6.14. The van der Waals surface area contributed by atoms with Gasteiger partial charge in [-0.05, 0) is 69.0 Å². The molecule has 7 N–H and O–H groups in total. The number of ether oxygens (including phenoxy) is 2. The number of ketones is 1.